The van der Waals surface area contributed by atoms with Gasteiger partial charge in [0.05, 0.1) is 7.11 Å². The number of hydrogen-bond acceptors (Lipinski definition) is 4. The van der Waals surface area contributed by atoms with E-state index in [0.29, 0.717) is 11.3 Å². The number of amides is 1. The summed E-state index contributed by atoms with van der Waals surface area (Å²) in [7, 11) is 1.31. The Balaban J connectivity index is 1.94. The van der Waals surface area contributed by atoms with E-state index in [1.165, 1.54) is 37.5 Å². The van der Waals surface area contributed by atoms with Gasteiger partial charge in [0, 0.05) is 28.4 Å². The highest BCUT2D eigenvalue weighted by atomic mass is 19.1. The number of para-hydroxylation sites is 1. The van der Waals surface area contributed by atoms with Gasteiger partial charge in [-0.2, -0.15) is 5.26 Å². The number of anilines is 1. The highest BCUT2D eigenvalue weighted by Crippen LogP contribution is 2.24. The number of ether oxygens (including phenoxy) is 1. The van der Waals surface area contributed by atoms with Crippen LogP contribution in [0.25, 0.3) is 17.0 Å². The number of methoxy groups -OCH3 is 1. The Bertz CT molecular complexity index is 1110. The lowest BCUT2D eigenvalue weighted by Crippen LogP contribution is -2.13. The molecule has 3 rings (SSSR count). The lowest BCUT2D eigenvalue weighted by molar-refractivity contribution is -0.141. The Morgan fingerprint density at radius 1 is 1.21 bits per heavy atom. The number of hydrogen-bond donors (Lipinski definition) is 1. The fraction of sp³-hybridized carbons (Fsp3) is 0.0952. The molecule has 1 amide bonds. The van der Waals surface area contributed by atoms with Crippen molar-refractivity contribution in [2.45, 2.75) is 6.54 Å². The van der Waals surface area contributed by atoms with Gasteiger partial charge in [-0.1, -0.05) is 18.2 Å². The number of halogens is 1. The van der Waals surface area contributed by atoms with E-state index in [1.54, 1.807) is 10.8 Å². The van der Waals surface area contributed by atoms with Gasteiger partial charge in [-0.05, 0) is 36.4 Å². The number of carbonyl (C=O) groups excluding carboxylic acids is 2. The van der Waals surface area contributed by atoms with Gasteiger partial charge in [-0.3, -0.25) is 9.59 Å². The average molecular weight is 377 g/mol. The summed E-state index contributed by atoms with van der Waals surface area (Å²) in [4.78, 5) is 24.1. The van der Waals surface area contributed by atoms with Gasteiger partial charge in [0.2, 0.25) is 0 Å². The van der Waals surface area contributed by atoms with Crippen LogP contribution in [0.4, 0.5) is 10.1 Å². The van der Waals surface area contributed by atoms with Gasteiger partial charge >= 0.3 is 5.97 Å². The third kappa shape index (κ3) is 4.07. The largest absolute Gasteiger partial charge is 0.468 e. The minimum Gasteiger partial charge on any atom is -0.468 e. The molecule has 0 saturated heterocycles. The summed E-state index contributed by atoms with van der Waals surface area (Å²) in [6, 6.07) is 14.4. The number of nitrogens with one attached hydrogen (secondary N) is 1. The molecule has 0 spiro atoms. The van der Waals surface area contributed by atoms with Crippen molar-refractivity contribution in [2.75, 3.05) is 12.4 Å². The minimum atomic E-state index is -0.612. The van der Waals surface area contributed by atoms with Crippen LogP contribution < -0.4 is 5.32 Å². The number of esters is 1. The fourth-order valence-electron chi connectivity index (χ4n) is 2.76. The first-order chi connectivity index (χ1) is 13.5. The van der Waals surface area contributed by atoms with E-state index in [9.17, 15) is 19.2 Å². The Kier molecular flexibility index (Phi) is 5.51. The van der Waals surface area contributed by atoms with Crippen LogP contribution in [0.1, 0.15) is 5.56 Å². The van der Waals surface area contributed by atoms with Crippen molar-refractivity contribution < 1.29 is 18.7 Å². The zero-order valence-corrected chi connectivity index (χ0v) is 15.0. The Labute approximate surface area is 160 Å². The summed E-state index contributed by atoms with van der Waals surface area (Å²) in [6.07, 6.45) is 3.14. The molecule has 1 heterocycles. The van der Waals surface area contributed by atoms with Crippen LogP contribution in [0.2, 0.25) is 0 Å². The summed E-state index contributed by atoms with van der Waals surface area (Å²) in [6.45, 7) is 0.00845. The minimum absolute atomic E-state index is 0.00845. The van der Waals surface area contributed by atoms with Crippen LogP contribution in [0.5, 0.6) is 0 Å². The molecular weight excluding hydrogens is 361 g/mol. The van der Waals surface area contributed by atoms with Crippen LogP contribution in [0.15, 0.2) is 60.3 Å². The zero-order valence-electron chi connectivity index (χ0n) is 15.0. The Hall–Kier alpha value is -3.92. The second-order valence-corrected chi connectivity index (χ2v) is 5.94. The quantitative estimate of drug-likeness (QED) is 0.419. The number of rotatable bonds is 5. The first kappa shape index (κ1) is 18.9. The SMILES string of the molecule is COC(=O)Cn1cc(C=C(C#N)C(=O)Nc2ccc(F)cc2)c2ccccc21. The average Bonchev–Trinajstić information content (AvgIpc) is 3.05. The van der Waals surface area contributed by atoms with Crippen molar-refractivity contribution in [3.8, 4) is 6.07 Å². The number of nitrogens with zero attached hydrogens (tertiary/aromatic N) is 2. The zero-order chi connectivity index (χ0) is 20.1. The molecule has 1 aromatic heterocycles. The first-order valence-corrected chi connectivity index (χ1v) is 8.35. The lowest BCUT2D eigenvalue weighted by Gasteiger charge is -2.03. The molecule has 0 aliphatic carbocycles. The first-order valence-electron chi connectivity index (χ1n) is 8.35. The second-order valence-electron chi connectivity index (χ2n) is 5.94. The van der Waals surface area contributed by atoms with E-state index >= 15 is 0 Å². The molecule has 0 aliphatic heterocycles. The second kappa shape index (κ2) is 8.18. The molecule has 0 bridgehead atoms. The molecule has 0 radical (unpaired) electrons. The maximum Gasteiger partial charge on any atom is 0.325 e. The van der Waals surface area contributed by atoms with E-state index in [2.05, 4.69) is 5.32 Å². The van der Waals surface area contributed by atoms with E-state index in [0.717, 1.165) is 10.9 Å². The van der Waals surface area contributed by atoms with Gasteiger partial charge < -0.3 is 14.6 Å². The van der Waals surface area contributed by atoms with E-state index in [1.807, 2.05) is 30.3 Å². The normalized spacial score (nSPS) is 11.1. The maximum atomic E-state index is 13.0. The number of fused-ring (bicyclic) bond motifs is 1. The van der Waals surface area contributed by atoms with E-state index in [4.69, 9.17) is 4.74 Å². The smallest absolute Gasteiger partial charge is 0.325 e. The summed E-state index contributed by atoms with van der Waals surface area (Å²) in [5, 5.41) is 12.8. The molecule has 28 heavy (non-hydrogen) atoms. The van der Waals surface area contributed by atoms with Crippen molar-refractivity contribution in [2.24, 2.45) is 0 Å². The van der Waals surface area contributed by atoms with Gasteiger partial charge in [-0.25, -0.2) is 4.39 Å². The number of benzene rings is 2. The topological polar surface area (TPSA) is 84.1 Å². The molecule has 0 fully saturated rings. The molecule has 140 valence electrons. The monoisotopic (exact) mass is 377 g/mol. The van der Waals surface area contributed by atoms with Gasteiger partial charge in [-0.15, -0.1) is 0 Å². The molecule has 0 unspecified atom stereocenters. The third-order valence-corrected chi connectivity index (χ3v) is 4.11. The van der Waals surface area contributed by atoms with Crippen molar-refractivity contribution in [3.05, 3.63) is 71.7 Å². The van der Waals surface area contributed by atoms with E-state index < -0.39 is 17.7 Å². The third-order valence-electron chi connectivity index (χ3n) is 4.11. The van der Waals surface area contributed by atoms with Crippen LogP contribution in [0, 0.1) is 17.1 Å². The molecule has 0 atom stereocenters. The van der Waals surface area contributed by atoms with Crippen LogP contribution in [0.3, 0.4) is 0 Å². The molecule has 6 nitrogen and oxygen atoms in total. The van der Waals surface area contributed by atoms with Gasteiger partial charge in [0.15, 0.2) is 0 Å². The molecular formula is C21H16FN3O3. The maximum absolute atomic E-state index is 13.0. The van der Waals surface area contributed by atoms with Crippen LogP contribution >= 0.6 is 0 Å². The number of aromatic nitrogens is 1. The Morgan fingerprint density at radius 2 is 1.93 bits per heavy atom. The standard InChI is InChI=1S/C21H16FN3O3/c1-28-20(26)13-25-12-15(18-4-2-3-5-19(18)25)10-14(11-23)21(27)24-17-8-6-16(22)7-9-17/h2-10,12H,13H2,1H3,(H,24,27). The fourth-order valence-corrected chi connectivity index (χ4v) is 2.76. The predicted molar refractivity (Wildman–Crippen MR) is 103 cm³/mol. The predicted octanol–water partition coefficient (Wildman–Crippen LogP) is 3.50. The van der Waals surface area contributed by atoms with Crippen molar-refractivity contribution in [3.63, 3.8) is 0 Å². The van der Waals surface area contributed by atoms with Gasteiger partial charge in [0.1, 0.15) is 24.0 Å². The molecule has 1 N–H and O–H groups in total. The van der Waals surface area contributed by atoms with Crippen molar-refractivity contribution in [1.82, 2.24) is 4.57 Å². The van der Waals surface area contributed by atoms with Gasteiger partial charge in [0.25, 0.3) is 5.91 Å². The Morgan fingerprint density at radius 3 is 2.61 bits per heavy atom. The lowest BCUT2D eigenvalue weighted by atomic mass is 10.1. The highest BCUT2D eigenvalue weighted by Gasteiger charge is 2.14. The van der Waals surface area contributed by atoms with Crippen molar-refractivity contribution >= 4 is 34.5 Å². The summed E-state index contributed by atoms with van der Waals surface area (Å²) >= 11 is 0. The van der Waals surface area contributed by atoms with Crippen molar-refractivity contribution in [1.29, 1.82) is 5.26 Å². The van der Waals surface area contributed by atoms with Crippen LogP contribution in [-0.4, -0.2) is 23.6 Å². The highest BCUT2D eigenvalue weighted by molar-refractivity contribution is 6.10. The van der Waals surface area contributed by atoms with Crippen LogP contribution in [-0.2, 0) is 20.9 Å². The molecule has 0 aliphatic rings. The summed E-state index contributed by atoms with van der Waals surface area (Å²) < 4.78 is 19.4. The molecule has 0 saturated carbocycles. The van der Waals surface area contributed by atoms with E-state index in [-0.39, 0.29) is 12.1 Å². The number of carbonyl (C=O) groups is 2. The summed E-state index contributed by atoms with van der Waals surface area (Å²) in [5.41, 5.74) is 1.65. The molecule has 2 aromatic carbocycles. The summed E-state index contributed by atoms with van der Waals surface area (Å²) in [5.74, 6) is -1.45. The molecule has 3 aromatic rings. The number of nitriles is 1. The molecule has 7 heteroatoms.